The number of halogens is 5. The third kappa shape index (κ3) is 9.47. The van der Waals surface area contributed by atoms with Crippen LogP contribution in [0.15, 0.2) is 48.8 Å². The van der Waals surface area contributed by atoms with Crippen molar-refractivity contribution in [2.24, 2.45) is 5.92 Å². The Hall–Kier alpha value is -1.79. The fourth-order valence-electron chi connectivity index (χ4n) is 4.79. The van der Waals surface area contributed by atoms with Crippen LogP contribution in [0.2, 0.25) is 0 Å². The van der Waals surface area contributed by atoms with E-state index in [0.29, 0.717) is 24.7 Å². The molecule has 2 aromatic rings. The van der Waals surface area contributed by atoms with Gasteiger partial charge in [-0.1, -0.05) is 6.07 Å². The van der Waals surface area contributed by atoms with Crippen LogP contribution in [0.3, 0.4) is 0 Å². The number of benzene rings is 1. The maximum Gasteiger partial charge on any atom is 0.416 e. The summed E-state index contributed by atoms with van der Waals surface area (Å²) in [6.45, 7) is 3.98. The molecule has 0 bridgehead atoms. The van der Waals surface area contributed by atoms with Crippen molar-refractivity contribution in [1.29, 1.82) is 0 Å². The van der Waals surface area contributed by atoms with Crippen molar-refractivity contribution in [2.45, 2.75) is 44.3 Å². The minimum atomic E-state index is -4.33. The van der Waals surface area contributed by atoms with Crippen molar-refractivity contribution in [1.82, 2.24) is 14.6 Å². The summed E-state index contributed by atoms with van der Waals surface area (Å²) in [6.07, 6.45) is 3.04. The molecule has 1 aromatic heterocycles. The van der Waals surface area contributed by atoms with E-state index in [1.54, 1.807) is 24.4 Å². The molecular formula is C24H33Cl2F3N4O3S. The maximum absolute atomic E-state index is 13.0. The first-order valence-electron chi connectivity index (χ1n) is 11.9. The molecule has 1 N–H and O–H groups in total. The molecule has 4 rings (SSSR count). The summed E-state index contributed by atoms with van der Waals surface area (Å²) in [6, 6.07) is 8.55. The van der Waals surface area contributed by atoms with Crippen molar-refractivity contribution >= 4 is 40.8 Å². The van der Waals surface area contributed by atoms with Crippen LogP contribution in [0.4, 0.5) is 18.9 Å². The summed E-state index contributed by atoms with van der Waals surface area (Å²) in [5.41, 5.74) is 0.00622. The first-order chi connectivity index (χ1) is 16.7. The zero-order valence-electron chi connectivity index (χ0n) is 20.3. The predicted octanol–water partition coefficient (Wildman–Crippen LogP) is 4.93. The van der Waals surface area contributed by atoms with Crippen molar-refractivity contribution in [3.05, 3.63) is 54.4 Å². The lowest BCUT2D eigenvalue weighted by Crippen LogP contribution is -2.47. The standard InChI is InChI=1S/C24H31F3N4O3S.2ClH/c25-24(26,27)20-3-1-4-22(17-20)31-15-13-30(14-16-31)12-10-19-6-8-21(9-7-19)29-35(32,33)34-23-5-2-11-28-18-23;;/h1-5,11,17-19,21,29H,6-10,12-16H2;2*1H. The summed E-state index contributed by atoms with van der Waals surface area (Å²) < 4.78 is 71.2. The highest BCUT2D eigenvalue weighted by Crippen LogP contribution is 2.32. The molecule has 1 aromatic carbocycles. The Balaban J connectivity index is 0.00000241. The van der Waals surface area contributed by atoms with Crippen LogP contribution in [-0.2, 0) is 16.5 Å². The van der Waals surface area contributed by atoms with Gasteiger partial charge in [0.05, 0.1) is 11.8 Å². The molecule has 7 nitrogen and oxygen atoms in total. The van der Waals surface area contributed by atoms with E-state index in [9.17, 15) is 21.6 Å². The number of alkyl halides is 3. The molecule has 0 amide bonds. The number of anilines is 1. The van der Waals surface area contributed by atoms with Gasteiger partial charge in [-0.25, -0.2) is 0 Å². The van der Waals surface area contributed by atoms with Gasteiger partial charge in [-0.05, 0) is 74.9 Å². The van der Waals surface area contributed by atoms with Gasteiger partial charge in [0.25, 0.3) is 0 Å². The second-order valence-corrected chi connectivity index (χ2v) is 10.5. The number of nitrogens with one attached hydrogen (secondary N) is 1. The second-order valence-electron chi connectivity index (χ2n) is 9.23. The van der Waals surface area contributed by atoms with Crippen LogP contribution in [0, 0.1) is 5.92 Å². The van der Waals surface area contributed by atoms with Crippen LogP contribution in [0.5, 0.6) is 5.75 Å². The van der Waals surface area contributed by atoms with E-state index in [2.05, 4.69) is 14.6 Å². The summed E-state index contributed by atoms with van der Waals surface area (Å²) in [5, 5.41) is 0. The number of hydrogen-bond donors (Lipinski definition) is 1. The smallest absolute Gasteiger partial charge is 0.369 e. The number of hydrogen-bond acceptors (Lipinski definition) is 6. The zero-order valence-corrected chi connectivity index (χ0v) is 22.7. The van der Waals surface area contributed by atoms with Gasteiger partial charge in [-0.3, -0.25) is 9.88 Å². The topological polar surface area (TPSA) is 74.8 Å². The Kier molecular flexibility index (Phi) is 11.8. The number of piperazine rings is 1. The molecule has 1 aliphatic carbocycles. The first-order valence-corrected chi connectivity index (χ1v) is 13.3. The van der Waals surface area contributed by atoms with Crippen molar-refractivity contribution in [2.75, 3.05) is 37.6 Å². The van der Waals surface area contributed by atoms with E-state index in [1.165, 1.54) is 18.3 Å². The third-order valence-corrected chi connectivity index (χ3v) is 7.80. The summed E-state index contributed by atoms with van der Waals surface area (Å²) in [7, 11) is -3.89. The summed E-state index contributed by atoms with van der Waals surface area (Å²) in [4.78, 5) is 8.22. The normalized spacial score (nSPS) is 21.0. The predicted molar refractivity (Wildman–Crippen MR) is 142 cm³/mol. The van der Waals surface area contributed by atoms with E-state index in [4.69, 9.17) is 4.18 Å². The Morgan fingerprint density at radius 3 is 2.32 bits per heavy atom. The Labute approximate surface area is 228 Å². The molecule has 2 heterocycles. The molecular weight excluding hydrogens is 552 g/mol. The molecule has 0 unspecified atom stereocenters. The monoisotopic (exact) mass is 584 g/mol. The van der Waals surface area contributed by atoms with E-state index in [-0.39, 0.29) is 36.6 Å². The van der Waals surface area contributed by atoms with Crippen LogP contribution in [0.25, 0.3) is 0 Å². The lowest BCUT2D eigenvalue weighted by atomic mass is 9.84. The molecule has 208 valence electrons. The quantitative estimate of drug-likeness (QED) is 0.474. The minimum Gasteiger partial charge on any atom is -0.369 e. The zero-order chi connectivity index (χ0) is 24.9. The highest BCUT2D eigenvalue weighted by atomic mass is 35.5. The van der Waals surface area contributed by atoms with Gasteiger partial charge < -0.3 is 9.08 Å². The first kappa shape index (κ1) is 31.4. The number of rotatable bonds is 8. The van der Waals surface area contributed by atoms with Gasteiger partial charge in [0.2, 0.25) is 0 Å². The van der Waals surface area contributed by atoms with E-state index in [0.717, 1.165) is 57.8 Å². The summed E-state index contributed by atoms with van der Waals surface area (Å²) in [5.74, 6) is 0.721. The molecule has 2 fully saturated rings. The minimum absolute atomic E-state index is 0. The average Bonchev–Trinajstić information content (AvgIpc) is 2.84. The molecule has 2 aliphatic rings. The van der Waals surface area contributed by atoms with Gasteiger partial charge >= 0.3 is 16.5 Å². The van der Waals surface area contributed by atoms with Gasteiger partial charge in [-0.15, -0.1) is 24.8 Å². The van der Waals surface area contributed by atoms with Crippen LogP contribution < -0.4 is 13.8 Å². The lowest BCUT2D eigenvalue weighted by Gasteiger charge is -2.37. The average molecular weight is 586 g/mol. The maximum atomic E-state index is 13.0. The van der Waals surface area contributed by atoms with Gasteiger partial charge in [-0.2, -0.15) is 26.3 Å². The van der Waals surface area contributed by atoms with Gasteiger partial charge in [0.1, 0.15) is 0 Å². The molecule has 0 spiro atoms. The van der Waals surface area contributed by atoms with Crippen LogP contribution in [0.1, 0.15) is 37.7 Å². The van der Waals surface area contributed by atoms with E-state index in [1.807, 2.05) is 4.90 Å². The van der Waals surface area contributed by atoms with Crippen molar-refractivity contribution in [3.63, 3.8) is 0 Å². The Bertz CT molecular complexity index is 1060. The fraction of sp³-hybridized carbons (Fsp3) is 0.542. The molecule has 13 heteroatoms. The van der Waals surface area contributed by atoms with E-state index < -0.39 is 22.0 Å². The fourth-order valence-corrected chi connectivity index (χ4v) is 5.84. The number of pyridine rings is 1. The van der Waals surface area contributed by atoms with Crippen molar-refractivity contribution < 1.29 is 25.8 Å². The Morgan fingerprint density at radius 2 is 1.70 bits per heavy atom. The molecule has 1 aliphatic heterocycles. The summed E-state index contributed by atoms with van der Waals surface area (Å²) >= 11 is 0. The Morgan fingerprint density at radius 1 is 1.00 bits per heavy atom. The third-order valence-electron chi connectivity index (χ3n) is 6.76. The lowest BCUT2D eigenvalue weighted by molar-refractivity contribution is -0.137. The number of nitrogens with zero attached hydrogens (tertiary/aromatic N) is 3. The SMILES string of the molecule is Cl.Cl.O=S(=O)(NC1CCC(CCN2CCN(c3cccc(C(F)(F)F)c3)CC2)CC1)Oc1cccnc1. The largest absolute Gasteiger partial charge is 0.416 e. The highest BCUT2D eigenvalue weighted by molar-refractivity contribution is 7.85. The van der Waals surface area contributed by atoms with E-state index >= 15 is 0 Å². The number of aromatic nitrogens is 1. The van der Waals surface area contributed by atoms with Crippen molar-refractivity contribution in [3.8, 4) is 5.75 Å². The van der Waals surface area contributed by atoms with Gasteiger partial charge in [0.15, 0.2) is 5.75 Å². The molecule has 0 radical (unpaired) electrons. The van der Waals surface area contributed by atoms with Crippen LogP contribution in [-0.4, -0.2) is 57.1 Å². The molecule has 37 heavy (non-hydrogen) atoms. The molecule has 0 atom stereocenters. The molecule has 1 saturated carbocycles. The van der Waals surface area contributed by atoms with Gasteiger partial charge in [0, 0.05) is 44.1 Å². The highest BCUT2D eigenvalue weighted by Gasteiger charge is 2.31. The second kappa shape index (κ2) is 13.8. The van der Waals surface area contributed by atoms with Crippen LogP contribution >= 0.6 is 24.8 Å². The molecule has 1 saturated heterocycles.